The zero-order valence-corrected chi connectivity index (χ0v) is 14.8. The molecule has 1 aromatic rings. The van der Waals surface area contributed by atoms with E-state index in [1.54, 1.807) is 0 Å². The number of carbonyl (C=O) groups excluding carboxylic acids is 1. The van der Waals surface area contributed by atoms with Gasteiger partial charge in [0.05, 0.1) is 6.04 Å². The summed E-state index contributed by atoms with van der Waals surface area (Å²) in [6, 6.07) is 4.63. The van der Waals surface area contributed by atoms with Crippen molar-refractivity contribution < 1.29 is 4.79 Å². The van der Waals surface area contributed by atoms with Crippen LogP contribution in [-0.4, -0.2) is 59.0 Å². The number of nitrogens with zero attached hydrogens (tertiary/aromatic N) is 3. The summed E-state index contributed by atoms with van der Waals surface area (Å²) in [5, 5.41) is 3.24. The average molecular weight is 330 g/mol. The van der Waals surface area contributed by atoms with Crippen molar-refractivity contribution >= 4 is 5.91 Å². The Morgan fingerprint density at radius 3 is 2.75 bits per heavy atom. The molecule has 2 fully saturated rings. The predicted octanol–water partition coefficient (Wildman–Crippen LogP) is 2.04. The van der Waals surface area contributed by atoms with Gasteiger partial charge in [0.15, 0.2) is 0 Å². The molecule has 2 aliphatic heterocycles. The van der Waals surface area contributed by atoms with Gasteiger partial charge in [0, 0.05) is 31.5 Å². The Balaban J connectivity index is 1.55. The fourth-order valence-corrected chi connectivity index (χ4v) is 4.08. The van der Waals surface area contributed by atoms with Gasteiger partial charge in [0.2, 0.25) is 5.91 Å². The first-order valence-electron chi connectivity index (χ1n) is 9.42. The molecule has 1 amide bonds. The molecule has 0 aromatic carbocycles. The Morgan fingerprint density at radius 2 is 1.96 bits per heavy atom. The minimum Gasteiger partial charge on any atom is -0.353 e. The summed E-state index contributed by atoms with van der Waals surface area (Å²) >= 11 is 0. The van der Waals surface area contributed by atoms with E-state index in [0.29, 0.717) is 6.04 Å². The Bertz CT molecular complexity index is 521. The van der Waals surface area contributed by atoms with E-state index in [9.17, 15) is 4.79 Å². The molecule has 2 atom stereocenters. The van der Waals surface area contributed by atoms with Gasteiger partial charge in [-0.1, -0.05) is 13.3 Å². The third-order valence-electron chi connectivity index (χ3n) is 5.47. The van der Waals surface area contributed by atoms with E-state index >= 15 is 0 Å². The molecule has 0 radical (unpaired) electrons. The molecule has 0 saturated carbocycles. The van der Waals surface area contributed by atoms with E-state index in [2.05, 4.69) is 27.0 Å². The van der Waals surface area contributed by atoms with Crippen molar-refractivity contribution in [2.75, 3.05) is 26.2 Å². The normalized spacial score (nSPS) is 25.7. The minimum atomic E-state index is 0.0170. The van der Waals surface area contributed by atoms with Crippen molar-refractivity contribution in [1.29, 1.82) is 0 Å². The molecule has 3 rings (SSSR count). The van der Waals surface area contributed by atoms with Crippen molar-refractivity contribution in [1.82, 2.24) is 20.1 Å². The van der Waals surface area contributed by atoms with E-state index in [1.807, 2.05) is 24.5 Å². The van der Waals surface area contributed by atoms with E-state index in [-0.39, 0.29) is 11.9 Å². The highest BCUT2D eigenvalue weighted by molar-refractivity contribution is 5.81. The lowest BCUT2D eigenvalue weighted by atomic mass is 10.0. The summed E-state index contributed by atoms with van der Waals surface area (Å²) < 4.78 is 0. The van der Waals surface area contributed by atoms with E-state index in [1.165, 1.54) is 31.4 Å². The van der Waals surface area contributed by atoms with Crippen LogP contribution >= 0.6 is 0 Å². The van der Waals surface area contributed by atoms with Crippen LogP contribution in [0.25, 0.3) is 0 Å². The molecule has 2 aliphatic rings. The summed E-state index contributed by atoms with van der Waals surface area (Å²) in [5.74, 6) is 0.215. The molecule has 2 unspecified atom stereocenters. The van der Waals surface area contributed by atoms with E-state index in [4.69, 9.17) is 0 Å². The van der Waals surface area contributed by atoms with Gasteiger partial charge in [-0.2, -0.15) is 0 Å². The first kappa shape index (κ1) is 17.4. The highest BCUT2D eigenvalue weighted by Gasteiger charge is 2.30. The summed E-state index contributed by atoms with van der Waals surface area (Å²) in [4.78, 5) is 21.7. The Hall–Kier alpha value is -1.46. The molecule has 0 spiro atoms. The largest absolute Gasteiger partial charge is 0.353 e. The number of nitrogens with one attached hydrogen (secondary N) is 1. The standard InChI is InChI=1S/C19H30N4O/c1-2-22-13-5-6-17(22)14-21-19(24)18-7-3-4-12-23(18)15-16-8-10-20-11-9-16/h8-11,17-18H,2-7,12-15H2,1H3,(H,21,24). The molecule has 2 saturated heterocycles. The van der Waals surface area contributed by atoms with E-state index in [0.717, 1.165) is 39.0 Å². The average Bonchev–Trinajstić information content (AvgIpc) is 3.08. The maximum absolute atomic E-state index is 12.8. The SMILES string of the molecule is CCN1CCCC1CNC(=O)C1CCCCN1Cc1ccncc1. The maximum atomic E-state index is 12.8. The number of hydrogen-bond acceptors (Lipinski definition) is 4. The summed E-state index contributed by atoms with van der Waals surface area (Å²) in [6.45, 7) is 7.10. The topological polar surface area (TPSA) is 48.5 Å². The first-order chi connectivity index (χ1) is 11.8. The van der Waals surface area contributed by atoms with Gasteiger partial charge in [-0.15, -0.1) is 0 Å². The zero-order chi connectivity index (χ0) is 16.8. The second kappa shape index (κ2) is 8.58. The lowest BCUT2D eigenvalue weighted by molar-refractivity contribution is -0.128. The van der Waals surface area contributed by atoms with Crippen molar-refractivity contribution in [2.24, 2.45) is 0 Å². The fraction of sp³-hybridized carbons (Fsp3) is 0.684. The van der Waals surface area contributed by atoms with Gasteiger partial charge >= 0.3 is 0 Å². The van der Waals surface area contributed by atoms with E-state index < -0.39 is 0 Å². The van der Waals surface area contributed by atoms with Crippen LogP contribution in [0.1, 0.15) is 44.6 Å². The molecule has 24 heavy (non-hydrogen) atoms. The third kappa shape index (κ3) is 4.33. The van der Waals surface area contributed by atoms with Crippen molar-refractivity contribution in [3.63, 3.8) is 0 Å². The van der Waals surface area contributed by atoms with Crippen molar-refractivity contribution in [3.05, 3.63) is 30.1 Å². The van der Waals surface area contributed by atoms with Crippen LogP contribution in [0.4, 0.5) is 0 Å². The minimum absolute atomic E-state index is 0.0170. The van der Waals surface area contributed by atoms with Crippen LogP contribution in [0.2, 0.25) is 0 Å². The fourth-order valence-electron chi connectivity index (χ4n) is 4.08. The second-order valence-electron chi connectivity index (χ2n) is 7.01. The number of hydrogen-bond donors (Lipinski definition) is 1. The van der Waals surface area contributed by atoms with Gasteiger partial charge in [-0.25, -0.2) is 0 Å². The molecular weight excluding hydrogens is 300 g/mol. The number of likely N-dealkylation sites (tertiary alicyclic amines) is 2. The quantitative estimate of drug-likeness (QED) is 0.867. The number of likely N-dealkylation sites (N-methyl/N-ethyl adjacent to an activating group) is 1. The summed E-state index contributed by atoms with van der Waals surface area (Å²) in [5.41, 5.74) is 1.23. The second-order valence-corrected chi connectivity index (χ2v) is 7.01. The molecule has 132 valence electrons. The predicted molar refractivity (Wildman–Crippen MR) is 95.6 cm³/mol. The number of rotatable bonds is 6. The molecule has 0 bridgehead atoms. The zero-order valence-electron chi connectivity index (χ0n) is 14.8. The number of carbonyl (C=O) groups is 1. The third-order valence-corrected chi connectivity index (χ3v) is 5.47. The number of piperidine rings is 1. The molecular formula is C19H30N4O. The van der Waals surface area contributed by atoms with Crippen molar-refractivity contribution in [3.8, 4) is 0 Å². The van der Waals surface area contributed by atoms with Crippen LogP contribution in [0, 0.1) is 0 Å². The maximum Gasteiger partial charge on any atom is 0.237 e. The first-order valence-corrected chi connectivity index (χ1v) is 9.42. The van der Waals surface area contributed by atoms with Gasteiger partial charge in [-0.3, -0.25) is 19.6 Å². The van der Waals surface area contributed by atoms with Crippen molar-refractivity contribution in [2.45, 2.75) is 57.7 Å². The molecule has 3 heterocycles. The Kier molecular flexibility index (Phi) is 6.21. The highest BCUT2D eigenvalue weighted by atomic mass is 16.2. The van der Waals surface area contributed by atoms with Crippen LogP contribution in [0.15, 0.2) is 24.5 Å². The molecule has 1 aromatic heterocycles. The lowest BCUT2D eigenvalue weighted by Crippen LogP contribution is -2.51. The lowest BCUT2D eigenvalue weighted by Gasteiger charge is -2.35. The van der Waals surface area contributed by atoms with Crippen LogP contribution in [-0.2, 0) is 11.3 Å². The molecule has 0 aliphatic carbocycles. The number of aromatic nitrogens is 1. The van der Waals surface area contributed by atoms with Crippen LogP contribution < -0.4 is 5.32 Å². The van der Waals surface area contributed by atoms with Gasteiger partial charge in [0.1, 0.15) is 0 Å². The molecule has 1 N–H and O–H groups in total. The van der Waals surface area contributed by atoms with Gasteiger partial charge < -0.3 is 5.32 Å². The van der Waals surface area contributed by atoms with Crippen LogP contribution in [0.5, 0.6) is 0 Å². The number of pyridine rings is 1. The van der Waals surface area contributed by atoms with Gasteiger partial charge in [0.25, 0.3) is 0 Å². The Labute approximate surface area is 145 Å². The molecule has 5 heteroatoms. The summed E-state index contributed by atoms with van der Waals surface area (Å²) in [7, 11) is 0. The summed E-state index contributed by atoms with van der Waals surface area (Å²) in [6.07, 6.45) is 9.42. The van der Waals surface area contributed by atoms with Gasteiger partial charge in [-0.05, 0) is 63.0 Å². The monoisotopic (exact) mass is 330 g/mol. The smallest absolute Gasteiger partial charge is 0.237 e. The Morgan fingerprint density at radius 1 is 1.17 bits per heavy atom. The number of amides is 1. The van der Waals surface area contributed by atoms with Crippen LogP contribution in [0.3, 0.4) is 0 Å². The highest BCUT2D eigenvalue weighted by Crippen LogP contribution is 2.20. The molecule has 5 nitrogen and oxygen atoms in total.